The number of aromatic nitrogens is 2. The van der Waals surface area contributed by atoms with Crippen molar-refractivity contribution in [1.29, 1.82) is 0 Å². The molecule has 0 aliphatic rings. The van der Waals surface area contributed by atoms with Gasteiger partial charge in [-0.3, -0.25) is 0 Å². The topological polar surface area (TPSA) is 152 Å². The van der Waals surface area contributed by atoms with E-state index in [0.717, 1.165) is 11.7 Å². The number of hydrogen-bond donors (Lipinski definition) is 1. The van der Waals surface area contributed by atoms with Gasteiger partial charge in [-0.15, -0.1) is 0 Å². The Hall–Kier alpha value is -2.11. The van der Waals surface area contributed by atoms with Gasteiger partial charge in [0.05, 0.1) is 23.7 Å². The van der Waals surface area contributed by atoms with Gasteiger partial charge >= 0.3 is 0 Å². The fourth-order valence-corrected chi connectivity index (χ4v) is 3.72. The molecule has 1 atom stereocenters. The molecule has 0 bridgehead atoms. The third-order valence-electron chi connectivity index (χ3n) is 2.76. The lowest BCUT2D eigenvalue weighted by molar-refractivity contribution is -0.309. The first-order chi connectivity index (χ1) is 10.3. The van der Waals surface area contributed by atoms with E-state index >= 15 is 0 Å². The predicted octanol–water partition coefficient (Wildman–Crippen LogP) is -2.38. The second-order valence-electron chi connectivity index (χ2n) is 4.29. The number of carbonyl (C=O) groups excluding carboxylic acids is 2. The molecule has 22 heavy (non-hydrogen) atoms. The molecule has 0 spiro atoms. The first-order valence-electron chi connectivity index (χ1n) is 5.95. The SMILES string of the molecule is O=C([O-])CC[C@H](NS(=O)(=O)c1cccc2nsnc12)C(=O)[O-]. The van der Waals surface area contributed by atoms with Crippen LogP contribution in [0.2, 0.25) is 0 Å². The van der Waals surface area contributed by atoms with Gasteiger partial charge in [-0.2, -0.15) is 8.75 Å². The number of benzene rings is 1. The molecular formula is C11H9N3O6S2-2. The van der Waals surface area contributed by atoms with Gasteiger partial charge in [0.25, 0.3) is 0 Å². The Morgan fingerprint density at radius 2 is 2.00 bits per heavy atom. The van der Waals surface area contributed by atoms with Crippen molar-refractivity contribution in [3.63, 3.8) is 0 Å². The van der Waals surface area contributed by atoms with Gasteiger partial charge in [0, 0.05) is 5.97 Å². The molecule has 1 N–H and O–H groups in total. The number of rotatable bonds is 7. The summed E-state index contributed by atoms with van der Waals surface area (Å²) >= 11 is 0.816. The zero-order valence-corrected chi connectivity index (χ0v) is 12.5. The normalized spacial score (nSPS) is 13.1. The molecule has 0 amide bonds. The summed E-state index contributed by atoms with van der Waals surface area (Å²) in [4.78, 5) is 21.1. The van der Waals surface area contributed by atoms with E-state index in [4.69, 9.17) is 0 Å². The number of fused-ring (bicyclic) bond motifs is 1. The average molecular weight is 343 g/mol. The van der Waals surface area contributed by atoms with E-state index < -0.39 is 40.8 Å². The molecule has 9 nitrogen and oxygen atoms in total. The second kappa shape index (κ2) is 6.34. The minimum atomic E-state index is -4.23. The number of carbonyl (C=O) groups is 2. The quantitative estimate of drug-likeness (QED) is 0.585. The highest BCUT2D eigenvalue weighted by Crippen LogP contribution is 2.21. The van der Waals surface area contributed by atoms with Crippen molar-refractivity contribution in [2.45, 2.75) is 23.8 Å². The summed E-state index contributed by atoms with van der Waals surface area (Å²) in [6, 6.07) is 2.55. The maximum atomic E-state index is 12.3. The Bertz CT molecular complexity index is 816. The van der Waals surface area contributed by atoms with Gasteiger partial charge in [-0.25, -0.2) is 13.1 Å². The minimum absolute atomic E-state index is 0.108. The van der Waals surface area contributed by atoms with Crippen LogP contribution in [0.5, 0.6) is 0 Å². The molecule has 0 saturated carbocycles. The monoisotopic (exact) mass is 343 g/mol. The van der Waals surface area contributed by atoms with Gasteiger partial charge in [0.1, 0.15) is 15.9 Å². The van der Waals surface area contributed by atoms with Crippen molar-refractivity contribution in [3.05, 3.63) is 18.2 Å². The number of nitrogens with zero attached hydrogens (tertiary/aromatic N) is 2. The Morgan fingerprint density at radius 1 is 1.27 bits per heavy atom. The summed E-state index contributed by atoms with van der Waals surface area (Å²) in [7, 11) is -4.23. The molecule has 0 aliphatic heterocycles. The maximum Gasteiger partial charge on any atom is 0.243 e. The summed E-state index contributed by atoms with van der Waals surface area (Å²) < 4.78 is 34.2. The molecule has 118 valence electrons. The fraction of sp³-hybridized carbons (Fsp3) is 0.273. The second-order valence-corrected chi connectivity index (χ2v) is 6.50. The van der Waals surface area contributed by atoms with Gasteiger partial charge in [-0.1, -0.05) is 6.07 Å². The number of carboxylic acids is 2. The maximum absolute atomic E-state index is 12.3. The van der Waals surface area contributed by atoms with Crippen LogP contribution >= 0.6 is 11.7 Å². The standard InChI is InChI=1S/C11H11N3O6S2/c15-9(16)5-4-7(11(17)18)14-22(19,20)8-3-1-2-6-10(8)13-21-12-6/h1-3,7,14H,4-5H2,(H,15,16)(H,17,18)/p-2/t7-/m0/s1. The van der Waals surface area contributed by atoms with Crippen molar-refractivity contribution in [2.75, 3.05) is 0 Å². The van der Waals surface area contributed by atoms with E-state index in [0.29, 0.717) is 5.52 Å². The Labute approximate surface area is 129 Å². The lowest BCUT2D eigenvalue weighted by Gasteiger charge is -2.19. The Morgan fingerprint density at radius 3 is 2.64 bits per heavy atom. The first kappa shape index (κ1) is 16.3. The van der Waals surface area contributed by atoms with Gasteiger partial charge < -0.3 is 19.8 Å². The zero-order valence-electron chi connectivity index (χ0n) is 10.9. The minimum Gasteiger partial charge on any atom is -0.550 e. The molecule has 0 aliphatic carbocycles. The van der Waals surface area contributed by atoms with E-state index in [2.05, 4.69) is 8.75 Å². The highest BCUT2D eigenvalue weighted by Gasteiger charge is 2.24. The van der Waals surface area contributed by atoms with Crippen LogP contribution in [0.25, 0.3) is 11.0 Å². The van der Waals surface area contributed by atoms with Crippen molar-refractivity contribution in [1.82, 2.24) is 13.5 Å². The van der Waals surface area contributed by atoms with Crippen molar-refractivity contribution < 1.29 is 28.2 Å². The summed E-state index contributed by atoms with van der Waals surface area (Å²) in [6.45, 7) is 0. The molecule has 1 heterocycles. The van der Waals surface area contributed by atoms with Crippen LogP contribution in [0.1, 0.15) is 12.8 Å². The molecule has 2 rings (SSSR count). The van der Waals surface area contributed by atoms with Gasteiger partial charge in [-0.05, 0) is 25.0 Å². The third-order valence-corrected chi connectivity index (χ3v) is 4.80. The molecular weight excluding hydrogens is 334 g/mol. The predicted molar refractivity (Wildman–Crippen MR) is 70.8 cm³/mol. The molecule has 2 aromatic rings. The number of aliphatic carboxylic acids is 2. The number of nitrogens with one attached hydrogen (secondary N) is 1. The highest BCUT2D eigenvalue weighted by atomic mass is 32.2. The lowest BCUT2D eigenvalue weighted by atomic mass is 10.2. The van der Waals surface area contributed by atoms with Crippen LogP contribution in [-0.4, -0.2) is 35.1 Å². The molecule has 11 heteroatoms. The zero-order chi connectivity index (χ0) is 16.3. The summed E-state index contributed by atoms with van der Waals surface area (Å²) in [5.41, 5.74) is 0.463. The van der Waals surface area contributed by atoms with Crippen LogP contribution in [0.3, 0.4) is 0 Å². The van der Waals surface area contributed by atoms with Crippen molar-refractivity contribution in [2.24, 2.45) is 0 Å². The molecule has 1 aromatic carbocycles. The van der Waals surface area contributed by atoms with Crippen LogP contribution in [0, 0.1) is 0 Å². The smallest absolute Gasteiger partial charge is 0.243 e. The van der Waals surface area contributed by atoms with E-state index in [9.17, 15) is 28.2 Å². The number of carboxylic acid groups (broad SMARTS) is 2. The van der Waals surface area contributed by atoms with Crippen LogP contribution < -0.4 is 14.9 Å². The largest absolute Gasteiger partial charge is 0.550 e. The average Bonchev–Trinajstić information content (AvgIpc) is 2.90. The molecule has 0 unspecified atom stereocenters. The summed E-state index contributed by atoms with van der Waals surface area (Å²) in [5, 5.41) is 21.3. The number of hydrogen-bond acceptors (Lipinski definition) is 9. The fourth-order valence-electron chi connectivity index (χ4n) is 1.74. The molecule has 0 fully saturated rings. The number of sulfonamides is 1. The van der Waals surface area contributed by atoms with Crippen LogP contribution in [0.4, 0.5) is 0 Å². The molecule has 0 saturated heterocycles. The van der Waals surface area contributed by atoms with Gasteiger partial charge in [0.15, 0.2) is 0 Å². The van der Waals surface area contributed by atoms with Crippen LogP contribution in [-0.2, 0) is 19.6 Å². The third kappa shape index (κ3) is 3.55. The van der Waals surface area contributed by atoms with E-state index in [-0.39, 0.29) is 10.4 Å². The van der Waals surface area contributed by atoms with Crippen LogP contribution in [0.15, 0.2) is 23.1 Å². The summed E-state index contributed by atoms with van der Waals surface area (Å²) in [5.74, 6) is -3.22. The Kier molecular flexibility index (Phi) is 4.68. The van der Waals surface area contributed by atoms with E-state index in [1.54, 1.807) is 6.07 Å². The lowest BCUT2D eigenvalue weighted by Crippen LogP contribution is -2.48. The van der Waals surface area contributed by atoms with E-state index in [1.807, 2.05) is 4.72 Å². The first-order valence-corrected chi connectivity index (χ1v) is 8.17. The van der Waals surface area contributed by atoms with Gasteiger partial charge in [0.2, 0.25) is 10.0 Å². The Balaban J connectivity index is 2.31. The van der Waals surface area contributed by atoms with Crippen molar-refractivity contribution in [3.8, 4) is 0 Å². The summed E-state index contributed by atoms with van der Waals surface area (Å²) in [6.07, 6.45) is -1.11. The van der Waals surface area contributed by atoms with Crippen molar-refractivity contribution >= 4 is 44.7 Å². The van der Waals surface area contributed by atoms with E-state index in [1.165, 1.54) is 12.1 Å². The molecule has 0 radical (unpaired) electrons. The molecule has 1 aromatic heterocycles. The highest BCUT2D eigenvalue weighted by molar-refractivity contribution is 7.89.